The van der Waals surface area contributed by atoms with Gasteiger partial charge in [0.2, 0.25) is 0 Å². The van der Waals surface area contributed by atoms with Crippen molar-refractivity contribution in [2.45, 2.75) is 52.0 Å². The van der Waals surface area contributed by atoms with E-state index in [2.05, 4.69) is 54.1 Å². The molecule has 0 N–H and O–H groups in total. The largest absolute Gasteiger partial charge is 0.300 e. The lowest BCUT2D eigenvalue weighted by Crippen LogP contribution is -2.40. The Morgan fingerprint density at radius 2 is 1.87 bits per heavy atom. The van der Waals surface area contributed by atoms with Crippen molar-refractivity contribution in [2.75, 3.05) is 13.1 Å². The highest BCUT2D eigenvalue weighted by Crippen LogP contribution is 2.32. The number of pyridine rings is 1. The van der Waals surface area contributed by atoms with E-state index in [0.717, 1.165) is 5.69 Å². The van der Waals surface area contributed by atoms with Crippen LogP contribution in [0.25, 0.3) is 11.3 Å². The molecule has 0 amide bonds. The van der Waals surface area contributed by atoms with Crippen LogP contribution in [0.2, 0.25) is 0 Å². The van der Waals surface area contributed by atoms with Gasteiger partial charge in [-0.15, -0.1) is 0 Å². The summed E-state index contributed by atoms with van der Waals surface area (Å²) in [4.78, 5) is 7.29. The number of hydrogen-bond acceptors (Lipinski definition) is 2. The van der Waals surface area contributed by atoms with Gasteiger partial charge in [-0.05, 0) is 68.5 Å². The second-order valence-electron chi connectivity index (χ2n) is 6.59. The van der Waals surface area contributed by atoms with Gasteiger partial charge >= 0.3 is 0 Å². The zero-order valence-electron chi connectivity index (χ0n) is 14.5. The average Bonchev–Trinajstić information content (AvgIpc) is 2.61. The first-order valence-corrected chi connectivity index (χ1v) is 9.09. The van der Waals surface area contributed by atoms with Crippen LogP contribution in [-0.2, 0) is 12.8 Å². The molecule has 2 nitrogen and oxygen atoms in total. The summed E-state index contributed by atoms with van der Waals surface area (Å²) in [6.07, 6.45) is 8.04. The van der Waals surface area contributed by atoms with Gasteiger partial charge in [0, 0.05) is 17.8 Å². The molecule has 1 unspecified atom stereocenters. The van der Waals surface area contributed by atoms with Crippen LogP contribution in [-0.4, -0.2) is 29.0 Å². The minimum atomic E-state index is 0.687. The highest BCUT2D eigenvalue weighted by atomic mass is 15.1. The fraction of sp³-hybridized carbons (Fsp3) is 0.476. The first kappa shape index (κ1) is 16.2. The standard InChI is InChI=1S/C21H28N2/c1-3-14-23(15-4-2)18-12-11-17-8-7-9-19(20(17)16-18)21-10-5-6-13-22-21/h5-10,13,18H,3-4,11-12,14-16H2,1-2H3. The molecule has 0 spiro atoms. The Labute approximate surface area is 140 Å². The second kappa shape index (κ2) is 7.74. The van der Waals surface area contributed by atoms with Crippen molar-refractivity contribution in [3.63, 3.8) is 0 Å². The van der Waals surface area contributed by atoms with Crippen LogP contribution in [0.5, 0.6) is 0 Å². The molecule has 0 saturated carbocycles. The summed E-state index contributed by atoms with van der Waals surface area (Å²) >= 11 is 0. The van der Waals surface area contributed by atoms with Crippen molar-refractivity contribution in [3.8, 4) is 11.3 Å². The molecule has 1 heterocycles. The Morgan fingerprint density at radius 1 is 1.04 bits per heavy atom. The van der Waals surface area contributed by atoms with E-state index in [0.29, 0.717) is 6.04 Å². The van der Waals surface area contributed by atoms with Crippen LogP contribution in [0.15, 0.2) is 42.6 Å². The molecule has 0 radical (unpaired) electrons. The number of aryl methyl sites for hydroxylation is 1. The molecule has 0 bridgehead atoms. The maximum Gasteiger partial charge on any atom is 0.0704 e. The predicted molar refractivity (Wildman–Crippen MR) is 97.6 cm³/mol. The van der Waals surface area contributed by atoms with Gasteiger partial charge in [-0.1, -0.05) is 38.1 Å². The number of rotatable bonds is 6. The van der Waals surface area contributed by atoms with E-state index in [1.54, 1.807) is 0 Å². The van der Waals surface area contributed by atoms with Crippen molar-refractivity contribution in [1.29, 1.82) is 0 Å². The Balaban J connectivity index is 1.90. The third-order valence-electron chi connectivity index (χ3n) is 4.94. The summed E-state index contributed by atoms with van der Waals surface area (Å²) in [6, 6.07) is 13.6. The zero-order valence-corrected chi connectivity index (χ0v) is 14.5. The molecule has 23 heavy (non-hydrogen) atoms. The molecular weight excluding hydrogens is 280 g/mol. The molecule has 1 aromatic carbocycles. The fourth-order valence-corrected chi connectivity index (χ4v) is 3.89. The molecule has 0 fully saturated rings. The number of aromatic nitrogens is 1. The van der Waals surface area contributed by atoms with E-state index < -0.39 is 0 Å². The highest BCUT2D eigenvalue weighted by Gasteiger charge is 2.25. The van der Waals surface area contributed by atoms with Crippen LogP contribution in [0.3, 0.4) is 0 Å². The molecule has 0 aliphatic heterocycles. The van der Waals surface area contributed by atoms with E-state index in [4.69, 9.17) is 0 Å². The molecule has 1 aliphatic carbocycles. The van der Waals surface area contributed by atoms with E-state index in [-0.39, 0.29) is 0 Å². The molecule has 1 atom stereocenters. The smallest absolute Gasteiger partial charge is 0.0704 e. The number of nitrogens with zero attached hydrogens (tertiary/aromatic N) is 2. The molecule has 1 aromatic heterocycles. The molecule has 0 saturated heterocycles. The Hall–Kier alpha value is -1.67. The third kappa shape index (κ3) is 3.64. The summed E-state index contributed by atoms with van der Waals surface area (Å²) in [7, 11) is 0. The summed E-state index contributed by atoms with van der Waals surface area (Å²) in [5.74, 6) is 0. The first-order chi connectivity index (χ1) is 11.3. The summed E-state index contributed by atoms with van der Waals surface area (Å²) < 4.78 is 0. The van der Waals surface area contributed by atoms with Crippen molar-refractivity contribution in [3.05, 3.63) is 53.7 Å². The Bertz CT molecular complexity index is 615. The summed E-state index contributed by atoms with van der Waals surface area (Å²) in [5.41, 5.74) is 5.50. The van der Waals surface area contributed by atoms with E-state index >= 15 is 0 Å². The van der Waals surface area contributed by atoms with Crippen molar-refractivity contribution in [1.82, 2.24) is 9.88 Å². The number of fused-ring (bicyclic) bond motifs is 1. The van der Waals surface area contributed by atoms with Crippen molar-refractivity contribution >= 4 is 0 Å². The van der Waals surface area contributed by atoms with Gasteiger partial charge in [-0.2, -0.15) is 0 Å². The van der Waals surface area contributed by atoms with Crippen LogP contribution in [0, 0.1) is 0 Å². The van der Waals surface area contributed by atoms with Gasteiger partial charge in [-0.3, -0.25) is 4.98 Å². The summed E-state index contributed by atoms with van der Waals surface area (Å²) in [6.45, 7) is 7.02. The molecule has 3 rings (SSSR count). The lowest BCUT2D eigenvalue weighted by atomic mass is 9.83. The normalized spacial score (nSPS) is 17.3. The molecule has 2 heteroatoms. The monoisotopic (exact) mass is 308 g/mol. The minimum Gasteiger partial charge on any atom is -0.300 e. The molecule has 122 valence electrons. The Kier molecular flexibility index (Phi) is 5.45. The fourth-order valence-electron chi connectivity index (χ4n) is 3.89. The van der Waals surface area contributed by atoms with Gasteiger partial charge < -0.3 is 4.90 Å². The van der Waals surface area contributed by atoms with Crippen LogP contribution in [0.1, 0.15) is 44.2 Å². The van der Waals surface area contributed by atoms with E-state index in [9.17, 15) is 0 Å². The minimum absolute atomic E-state index is 0.687. The van der Waals surface area contributed by atoms with E-state index in [1.807, 2.05) is 12.3 Å². The Morgan fingerprint density at radius 3 is 2.57 bits per heavy atom. The molecular formula is C21H28N2. The van der Waals surface area contributed by atoms with Crippen LogP contribution in [0.4, 0.5) is 0 Å². The van der Waals surface area contributed by atoms with Gasteiger partial charge in [0.25, 0.3) is 0 Å². The summed E-state index contributed by atoms with van der Waals surface area (Å²) in [5, 5.41) is 0. The quantitative estimate of drug-likeness (QED) is 0.767. The van der Waals surface area contributed by atoms with Gasteiger partial charge in [0.05, 0.1) is 5.69 Å². The predicted octanol–water partition coefficient (Wildman–Crippen LogP) is 4.73. The molecule has 1 aliphatic rings. The van der Waals surface area contributed by atoms with Gasteiger partial charge in [0.15, 0.2) is 0 Å². The van der Waals surface area contributed by atoms with Crippen molar-refractivity contribution < 1.29 is 0 Å². The van der Waals surface area contributed by atoms with Crippen LogP contribution >= 0.6 is 0 Å². The second-order valence-corrected chi connectivity index (χ2v) is 6.59. The van der Waals surface area contributed by atoms with Crippen molar-refractivity contribution in [2.24, 2.45) is 0 Å². The zero-order chi connectivity index (χ0) is 16.1. The van der Waals surface area contributed by atoms with Gasteiger partial charge in [0.1, 0.15) is 0 Å². The SMILES string of the molecule is CCCN(CCC)C1CCc2cccc(-c3ccccn3)c2C1. The molecule has 2 aromatic rings. The maximum absolute atomic E-state index is 4.59. The lowest BCUT2D eigenvalue weighted by Gasteiger charge is -2.35. The number of benzene rings is 1. The average molecular weight is 308 g/mol. The third-order valence-corrected chi connectivity index (χ3v) is 4.94. The highest BCUT2D eigenvalue weighted by molar-refractivity contribution is 5.66. The van der Waals surface area contributed by atoms with E-state index in [1.165, 1.54) is 61.9 Å². The topological polar surface area (TPSA) is 16.1 Å². The van der Waals surface area contributed by atoms with Gasteiger partial charge in [-0.25, -0.2) is 0 Å². The lowest BCUT2D eigenvalue weighted by molar-refractivity contribution is 0.180. The number of hydrogen-bond donors (Lipinski definition) is 0. The van der Waals surface area contributed by atoms with Crippen LogP contribution < -0.4 is 0 Å². The first-order valence-electron chi connectivity index (χ1n) is 9.09. The maximum atomic E-state index is 4.59.